The minimum absolute atomic E-state index is 0.183. The van der Waals surface area contributed by atoms with Crippen LogP contribution < -0.4 is 0 Å². The van der Waals surface area contributed by atoms with E-state index in [2.05, 4.69) is 41.0 Å². The van der Waals surface area contributed by atoms with E-state index in [0.717, 1.165) is 70.1 Å². The lowest BCUT2D eigenvalue weighted by Gasteiger charge is -2.37. The van der Waals surface area contributed by atoms with E-state index >= 15 is 0 Å². The van der Waals surface area contributed by atoms with E-state index in [0.29, 0.717) is 12.3 Å². The first-order valence-corrected chi connectivity index (χ1v) is 10.9. The molecule has 4 rings (SSSR count). The van der Waals surface area contributed by atoms with Gasteiger partial charge in [-0.2, -0.15) is 0 Å². The van der Waals surface area contributed by atoms with Gasteiger partial charge in [-0.15, -0.1) is 0 Å². The smallest absolute Gasteiger partial charge is 0.230 e. The Hall–Kier alpha value is -2.11. The zero-order chi connectivity index (χ0) is 20.1. The number of hydrogen-bond acceptors (Lipinski definition) is 4. The van der Waals surface area contributed by atoms with Crippen LogP contribution in [0.2, 0.25) is 0 Å². The van der Waals surface area contributed by atoms with Gasteiger partial charge >= 0.3 is 0 Å². The van der Waals surface area contributed by atoms with E-state index in [1.807, 2.05) is 12.1 Å². The Morgan fingerprint density at radius 1 is 1.07 bits per heavy atom. The van der Waals surface area contributed by atoms with E-state index in [1.54, 1.807) is 6.26 Å². The summed E-state index contributed by atoms with van der Waals surface area (Å²) in [6, 6.07) is 12.2. The summed E-state index contributed by atoms with van der Waals surface area (Å²) in [7, 11) is 0. The number of ether oxygens (including phenoxy) is 1. The van der Waals surface area contributed by atoms with Crippen LogP contribution in [-0.2, 0) is 16.0 Å². The molecule has 3 heterocycles. The van der Waals surface area contributed by atoms with E-state index in [1.165, 1.54) is 5.56 Å². The molecule has 156 valence electrons. The SMILES string of the molecule is Cc1ccc(C(Cc2ccco2)C(=O)N2CCC(CN3CCOCC3)CC2)cc1. The molecule has 1 unspecified atom stereocenters. The molecule has 1 amide bonds. The average Bonchev–Trinajstić information content (AvgIpc) is 3.27. The van der Waals surface area contributed by atoms with Crippen molar-refractivity contribution >= 4 is 5.91 Å². The molecule has 0 saturated carbocycles. The highest BCUT2D eigenvalue weighted by atomic mass is 16.5. The summed E-state index contributed by atoms with van der Waals surface area (Å²) in [6.07, 6.45) is 4.47. The number of carbonyl (C=O) groups is 1. The maximum absolute atomic E-state index is 13.5. The second-order valence-electron chi connectivity index (χ2n) is 8.43. The summed E-state index contributed by atoms with van der Waals surface area (Å²) in [5, 5.41) is 0. The number of morpholine rings is 1. The number of carbonyl (C=O) groups excluding carboxylic acids is 1. The lowest BCUT2D eigenvalue weighted by Crippen LogP contribution is -2.45. The van der Waals surface area contributed by atoms with Gasteiger partial charge in [0.2, 0.25) is 5.91 Å². The molecule has 2 saturated heterocycles. The third-order valence-electron chi connectivity index (χ3n) is 6.31. The van der Waals surface area contributed by atoms with Gasteiger partial charge in [0.15, 0.2) is 0 Å². The number of piperidine rings is 1. The van der Waals surface area contributed by atoms with Crippen molar-refractivity contribution in [3.05, 3.63) is 59.5 Å². The van der Waals surface area contributed by atoms with Crippen LogP contribution in [0.25, 0.3) is 0 Å². The quantitative estimate of drug-likeness (QED) is 0.750. The molecule has 2 aliphatic rings. The molecule has 5 nitrogen and oxygen atoms in total. The fraction of sp³-hybridized carbons (Fsp3) is 0.542. The maximum Gasteiger partial charge on any atom is 0.230 e. The van der Waals surface area contributed by atoms with Gasteiger partial charge in [-0.25, -0.2) is 0 Å². The zero-order valence-corrected chi connectivity index (χ0v) is 17.4. The first-order valence-electron chi connectivity index (χ1n) is 10.9. The number of benzene rings is 1. The van der Waals surface area contributed by atoms with Crippen molar-refractivity contribution in [1.82, 2.24) is 9.80 Å². The summed E-state index contributed by atoms with van der Waals surface area (Å²) in [5.41, 5.74) is 2.29. The van der Waals surface area contributed by atoms with Crippen molar-refractivity contribution in [2.24, 2.45) is 5.92 Å². The molecule has 0 spiro atoms. The number of aryl methyl sites for hydroxylation is 1. The van der Waals surface area contributed by atoms with Gasteiger partial charge < -0.3 is 14.1 Å². The minimum atomic E-state index is -0.183. The fourth-order valence-electron chi connectivity index (χ4n) is 4.48. The van der Waals surface area contributed by atoms with Crippen molar-refractivity contribution in [3.63, 3.8) is 0 Å². The van der Waals surface area contributed by atoms with E-state index < -0.39 is 0 Å². The molecule has 0 radical (unpaired) electrons. The van der Waals surface area contributed by atoms with Gasteiger partial charge in [-0.1, -0.05) is 29.8 Å². The Bertz CT molecular complexity index is 758. The number of hydrogen-bond donors (Lipinski definition) is 0. The molecule has 5 heteroatoms. The molecule has 2 aliphatic heterocycles. The van der Waals surface area contributed by atoms with Crippen molar-refractivity contribution in [2.75, 3.05) is 45.9 Å². The van der Waals surface area contributed by atoms with E-state index in [-0.39, 0.29) is 11.8 Å². The lowest BCUT2D eigenvalue weighted by atomic mass is 9.90. The Labute approximate surface area is 173 Å². The predicted molar refractivity (Wildman–Crippen MR) is 113 cm³/mol. The predicted octanol–water partition coefficient (Wildman–Crippen LogP) is 3.49. The van der Waals surface area contributed by atoms with Gasteiger partial charge in [0.25, 0.3) is 0 Å². The van der Waals surface area contributed by atoms with E-state index in [9.17, 15) is 4.79 Å². The van der Waals surface area contributed by atoms with Crippen LogP contribution in [0.5, 0.6) is 0 Å². The first kappa shape index (κ1) is 20.2. The highest BCUT2D eigenvalue weighted by Gasteiger charge is 2.30. The third kappa shape index (κ3) is 5.28. The summed E-state index contributed by atoms with van der Waals surface area (Å²) < 4.78 is 11.0. The third-order valence-corrected chi connectivity index (χ3v) is 6.31. The normalized spacial score (nSPS) is 20.0. The molecule has 29 heavy (non-hydrogen) atoms. The van der Waals surface area contributed by atoms with Crippen LogP contribution in [0, 0.1) is 12.8 Å². The lowest BCUT2D eigenvalue weighted by molar-refractivity contribution is -0.134. The summed E-state index contributed by atoms with van der Waals surface area (Å²) in [4.78, 5) is 18.0. The minimum Gasteiger partial charge on any atom is -0.469 e. The second-order valence-corrected chi connectivity index (χ2v) is 8.43. The van der Waals surface area contributed by atoms with Crippen LogP contribution >= 0.6 is 0 Å². The first-order chi connectivity index (χ1) is 14.2. The molecular formula is C24H32N2O3. The van der Waals surface area contributed by atoms with Gasteiger partial charge in [-0.05, 0) is 43.4 Å². The number of amides is 1. The van der Waals surface area contributed by atoms with Gasteiger partial charge in [0.05, 0.1) is 25.4 Å². The van der Waals surface area contributed by atoms with Crippen LogP contribution in [0.3, 0.4) is 0 Å². The highest BCUT2D eigenvalue weighted by molar-refractivity contribution is 5.84. The Morgan fingerprint density at radius 2 is 1.79 bits per heavy atom. The van der Waals surface area contributed by atoms with Crippen molar-refractivity contribution in [2.45, 2.75) is 32.1 Å². The number of furan rings is 1. The molecule has 2 fully saturated rings. The molecule has 0 aliphatic carbocycles. The highest BCUT2D eigenvalue weighted by Crippen LogP contribution is 2.27. The fourth-order valence-corrected chi connectivity index (χ4v) is 4.48. The number of nitrogens with zero attached hydrogens (tertiary/aromatic N) is 2. The van der Waals surface area contributed by atoms with Crippen LogP contribution in [0.15, 0.2) is 47.1 Å². The largest absolute Gasteiger partial charge is 0.469 e. The molecule has 1 aromatic carbocycles. The van der Waals surface area contributed by atoms with Crippen molar-refractivity contribution < 1.29 is 13.9 Å². The molecule has 1 atom stereocenters. The molecule has 0 N–H and O–H groups in total. The Kier molecular flexibility index (Phi) is 6.67. The number of rotatable bonds is 6. The topological polar surface area (TPSA) is 45.9 Å². The van der Waals surface area contributed by atoms with Crippen LogP contribution in [-0.4, -0.2) is 61.6 Å². The molecule has 2 aromatic rings. The number of likely N-dealkylation sites (tertiary alicyclic amines) is 1. The van der Waals surface area contributed by atoms with Crippen LogP contribution in [0.1, 0.15) is 35.6 Å². The maximum atomic E-state index is 13.5. The Balaban J connectivity index is 1.39. The van der Waals surface area contributed by atoms with Crippen LogP contribution in [0.4, 0.5) is 0 Å². The standard InChI is InChI=1S/C24H32N2O3/c1-19-4-6-21(7-5-19)23(17-22-3-2-14-29-22)24(27)26-10-8-20(9-11-26)18-25-12-15-28-16-13-25/h2-7,14,20,23H,8-13,15-18H2,1H3. The monoisotopic (exact) mass is 396 g/mol. The van der Waals surface area contributed by atoms with Crippen molar-refractivity contribution in [1.29, 1.82) is 0 Å². The van der Waals surface area contributed by atoms with Gasteiger partial charge in [0.1, 0.15) is 5.76 Å². The average molecular weight is 397 g/mol. The second kappa shape index (κ2) is 9.59. The molecule has 0 bridgehead atoms. The molecular weight excluding hydrogens is 364 g/mol. The summed E-state index contributed by atoms with van der Waals surface area (Å²) in [5.74, 6) is 1.60. The summed E-state index contributed by atoms with van der Waals surface area (Å²) >= 11 is 0. The Morgan fingerprint density at radius 3 is 2.45 bits per heavy atom. The van der Waals surface area contributed by atoms with Gasteiger partial charge in [0, 0.05) is 39.1 Å². The van der Waals surface area contributed by atoms with Crippen molar-refractivity contribution in [3.8, 4) is 0 Å². The van der Waals surface area contributed by atoms with Gasteiger partial charge in [-0.3, -0.25) is 9.69 Å². The zero-order valence-electron chi connectivity index (χ0n) is 17.4. The van der Waals surface area contributed by atoms with E-state index in [4.69, 9.17) is 9.15 Å². The summed E-state index contributed by atoms with van der Waals surface area (Å²) in [6.45, 7) is 8.70. The molecule has 1 aromatic heterocycles.